The summed E-state index contributed by atoms with van der Waals surface area (Å²) >= 11 is 1.55. The fourth-order valence-electron chi connectivity index (χ4n) is 4.14. The van der Waals surface area contributed by atoms with Crippen molar-refractivity contribution in [2.45, 2.75) is 69.6 Å². The van der Waals surface area contributed by atoms with Gasteiger partial charge in [-0.15, -0.1) is 11.3 Å². The smallest absolute Gasteiger partial charge is 0.258 e. The Balaban J connectivity index is 1.39. The maximum atomic E-state index is 14.1. The van der Waals surface area contributed by atoms with Crippen LogP contribution in [0.4, 0.5) is 4.39 Å². The van der Waals surface area contributed by atoms with E-state index in [9.17, 15) is 29.0 Å². The molecule has 1 saturated heterocycles. The summed E-state index contributed by atoms with van der Waals surface area (Å²) in [6, 6.07) is 5.29. The average molecular weight is 505 g/mol. The molecule has 1 aliphatic carbocycles. The van der Waals surface area contributed by atoms with E-state index in [-0.39, 0.29) is 32.4 Å². The fraction of sp³-hybridized carbons (Fsp3) is 0.500. The summed E-state index contributed by atoms with van der Waals surface area (Å²) in [5.41, 5.74) is 2.61. The number of aliphatic hydroxyl groups excluding tert-OH is 2. The number of hydrogen-bond donors (Lipinski definition) is 4. The van der Waals surface area contributed by atoms with Gasteiger partial charge in [0.2, 0.25) is 11.8 Å². The van der Waals surface area contributed by atoms with Gasteiger partial charge in [-0.25, -0.2) is 9.37 Å². The third kappa shape index (κ3) is 5.52. The molecule has 3 amide bonds. The lowest BCUT2D eigenvalue weighted by molar-refractivity contribution is -0.144. The van der Waals surface area contributed by atoms with Crippen molar-refractivity contribution in [1.82, 2.24) is 20.5 Å². The van der Waals surface area contributed by atoms with Crippen LogP contribution >= 0.6 is 11.3 Å². The molecule has 2 aliphatic rings. The second-order valence-electron chi connectivity index (χ2n) is 9.23. The number of rotatable bonds is 8. The topological polar surface area (TPSA) is 132 Å². The highest BCUT2D eigenvalue weighted by Gasteiger charge is 2.52. The summed E-state index contributed by atoms with van der Waals surface area (Å²) in [5.74, 6) is -2.15. The molecule has 1 aromatic heterocycles. The van der Waals surface area contributed by atoms with E-state index in [2.05, 4.69) is 15.6 Å². The zero-order valence-corrected chi connectivity index (χ0v) is 20.3. The number of nitrogens with one attached hydrogen (secondary N) is 2. The molecule has 2 aromatic rings. The van der Waals surface area contributed by atoms with Crippen molar-refractivity contribution in [2.24, 2.45) is 0 Å². The SMILES string of the molecule is Cc1ncsc1-c1ccc(CNC(=O)[C@@H]2C[C@@H](O)CN2C(=O)[C@@H](NC(=O)C2(F)CC2)[C@@H](C)O)cc1. The van der Waals surface area contributed by atoms with Crippen LogP contribution in [0.5, 0.6) is 0 Å². The van der Waals surface area contributed by atoms with Crippen molar-refractivity contribution < 1.29 is 29.0 Å². The van der Waals surface area contributed by atoms with Crippen LogP contribution in [0, 0.1) is 6.92 Å². The number of amides is 3. The maximum absolute atomic E-state index is 14.1. The minimum atomic E-state index is -2.01. The fourth-order valence-corrected chi connectivity index (χ4v) is 4.95. The number of halogens is 1. The molecule has 1 aromatic carbocycles. The number of nitrogens with zero attached hydrogens (tertiary/aromatic N) is 2. The van der Waals surface area contributed by atoms with E-state index < -0.39 is 47.7 Å². The van der Waals surface area contributed by atoms with Crippen molar-refractivity contribution >= 4 is 29.1 Å². The monoisotopic (exact) mass is 504 g/mol. The van der Waals surface area contributed by atoms with E-state index in [1.165, 1.54) is 6.92 Å². The second-order valence-corrected chi connectivity index (χ2v) is 10.1. The Hall–Kier alpha value is -2.89. The average Bonchev–Trinajstić information content (AvgIpc) is 3.24. The van der Waals surface area contributed by atoms with Gasteiger partial charge in [-0.1, -0.05) is 24.3 Å². The molecule has 0 unspecified atom stereocenters. The Morgan fingerprint density at radius 2 is 1.97 bits per heavy atom. The predicted molar refractivity (Wildman–Crippen MR) is 127 cm³/mol. The van der Waals surface area contributed by atoms with Gasteiger partial charge in [0, 0.05) is 19.5 Å². The number of hydrogen-bond acceptors (Lipinski definition) is 7. The Bertz CT molecular complexity index is 1100. The quantitative estimate of drug-likeness (QED) is 0.425. The third-order valence-corrected chi connectivity index (χ3v) is 7.40. The molecule has 9 nitrogen and oxygen atoms in total. The van der Waals surface area contributed by atoms with Gasteiger partial charge < -0.3 is 25.7 Å². The van der Waals surface area contributed by atoms with Crippen LogP contribution in [0.2, 0.25) is 0 Å². The Morgan fingerprint density at radius 3 is 2.54 bits per heavy atom. The highest BCUT2D eigenvalue weighted by molar-refractivity contribution is 7.13. The largest absolute Gasteiger partial charge is 0.391 e. The van der Waals surface area contributed by atoms with Crippen LogP contribution in [-0.2, 0) is 20.9 Å². The standard InChI is InChI=1S/C24H29FN4O5S/c1-13-20(35-12-27-13)16-5-3-15(4-6-16)10-26-21(32)18-9-17(31)11-29(18)22(33)19(14(2)30)28-23(34)24(25)7-8-24/h3-6,12,14,17-19,30-31H,7-11H2,1-2H3,(H,26,32)(H,28,34)/t14-,17-,18+,19+/m1/s1. The summed E-state index contributed by atoms with van der Waals surface area (Å²) in [5, 5.41) is 25.3. The first-order valence-electron chi connectivity index (χ1n) is 11.5. The minimum absolute atomic E-state index is 0.0225. The van der Waals surface area contributed by atoms with Gasteiger partial charge in [0.15, 0.2) is 5.67 Å². The Morgan fingerprint density at radius 1 is 1.29 bits per heavy atom. The number of β-amino-alcohol motifs (C(OH)–C–C–N with tert-alkyl or cyclic N) is 1. The zero-order chi connectivity index (χ0) is 25.3. The number of likely N-dealkylation sites (tertiary alicyclic amines) is 1. The normalized spacial score (nSPS) is 22.4. The zero-order valence-electron chi connectivity index (χ0n) is 19.5. The molecule has 1 saturated carbocycles. The lowest BCUT2D eigenvalue weighted by Gasteiger charge is -2.30. The van der Waals surface area contributed by atoms with Crippen molar-refractivity contribution in [3.05, 3.63) is 41.0 Å². The molecular weight excluding hydrogens is 475 g/mol. The van der Waals surface area contributed by atoms with E-state index in [0.717, 1.165) is 26.6 Å². The highest BCUT2D eigenvalue weighted by atomic mass is 32.1. The van der Waals surface area contributed by atoms with Gasteiger partial charge >= 0.3 is 0 Å². The highest BCUT2D eigenvalue weighted by Crippen LogP contribution is 2.40. The molecule has 2 fully saturated rings. The first kappa shape index (κ1) is 25.2. The Labute approximate surface area is 206 Å². The van der Waals surface area contributed by atoms with E-state index in [1.54, 1.807) is 16.8 Å². The van der Waals surface area contributed by atoms with Gasteiger partial charge in [-0.3, -0.25) is 14.4 Å². The second kappa shape index (κ2) is 10.00. The van der Waals surface area contributed by atoms with E-state index in [4.69, 9.17) is 0 Å². The van der Waals surface area contributed by atoms with Crippen LogP contribution in [-0.4, -0.2) is 74.3 Å². The summed E-state index contributed by atoms with van der Waals surface area (Å²) < 4.78 is 14.1. The molecule has 2 heterocycles. The molecule has 1 aliphatic heterocycles. The van der Waals surface area contributed by atoms with Gasteiger partial charge in [0.05, 0.1) is 28.3 Å². The number of carbonyl (C=O) groups excluding carboxylic acids is 3. The van der Waals surface area contributed by atoms with Gasteiger partial charge in [-0.2, -0.15) is 0 Å². The van der Waals surface area contributed by atoms with Gasteiger partial charge in [0.25, 0.3) is 5.91 Å². The molecule has 4 rings (SSSR count). The predicted octanol–water partition coefficient (Wildman–Crippen LogP) is 1.06. The van der Waals surface area contributed by atoms with Crippen molar-refractivity contribution in [3.63, 3.8) is 0 Å². The summed E-state index contributed by atoms with van der Waals surface area (Å²) in [4.78, 5) is 44.6. The minimum Gasteiger partial charge on any atom is -0.391 e. The van der Waals surface area contributed by atoms with Crippen molar-refractivity contribution in [1.29, 1.82) is 0 Å². The first-order chi connectivity index (χ1) is 16.6. The Kier molecular flexibility index (Phi) is 7.20. The maximum Gasteiger partial charge on any atom is 0.258 e. The number of aryl methyl sites for hydroxylation is 1. The number of carbonyl (C=O) groups is 3. The van der Waals surface area contributed by atoms with Gasteiger partial charge in [0.1, 0.15) is 12.1 Å². The summed E-state index contributed by atoms with van der Waals surface area (Å²) in [6.07, 6.45) is -2.08. The lowest BCUT2D eigenvalue weighted by atomic mass is 10.1. The lowest BCUT2D eigenvalue weighted by Crippen LogP contribution is -2.58. The molecule has 0 spiro atoms. The van der Waals surface area contributed by atoms with E-state index in [1.807, 2.05) is 31.2 Å². The summed E-state index contributed by atoms with van der Waals surface area (Å²) in [7, 11) is 0. The number of aromatic nitrogens is 1. The van der Waals surface area contributed by atoms with E-state index >= 15 is 0 Å². The molecule has 35 heavy (non-hydrogen) atoms. The van der Waals surface area contributed by atoms with E-state index in [0.29, 0.717) is 0 Å². The number of thiazole rings is 1. The van der Waals surface area contributed by atoms with Gasteiger partial charge in [-0.05, 0) is 37.8 Å². The van der Waals surface area contributed by atoms with Crippen molar-refractivity contribution in [2.75, 3.05) is 6.54 Å². The van der Waals surface area contributed by atoms with Crippen LogP contribution < -0.4 is 10.6 Å². The molecule has 0 bridgehead atoms. The van der Waals surface area contributed by atoms with Crippen LogP contribution in [0.25, 0.3) is 10.4 Å². The van der Waals surface area contributed by atoms with Crippen molar-refractivity contribution in [3.8, 4) is 10.4 Å². The molecular formula is C24H29FN4O5S. The molecule has 188 valence electrons. The van der Waals surface area contributed by atoms with Crippen LogP contribution in [0.1, 0.15) is 37.4 Å². The molecule has 4 N–H and O–H groups in total. The molecule has 0 radical (unpaired) electrons. The molecule has 4 atom stereocenters. The molecule has 11 heteroatoms. The number of aliphatic hydroxyl groups is 2. The number of benzene rings is 1. The third-order valence-electron chi connectivity index (χ3n) is 6.42. The number of alkyl halides is 1. The van der Waals surface area contributed by atoms with Crippen LogP contribution in [0.15, 0.2) is 29.8 Å². The van der Waals surface area contributed by atoms with Crippen LogP contribution in [0.3, 0.4) is 0 Å². The summed E-state index contributed by atoms with van der Waals surface area (Å²) in [6.45, 7) is 3.34. The first-order valence-corrected chi connectivity index (χ1v) is 12.4.